The highest BCUT2D eigenvalue weighted by Gasteiger charge is 2.25. The molecular formula is C18H20BIN2O2S. The maximum atomic E-state index is 12.5. The predicted molar refractivity (Wildman–Crippen MR) is 116 cm³/mol. The molecule has 25 heavy (non-hydrogen) atoms. The first kappa shape index (κ1) is 19.9. The van der Waals surface area contributed by atoms with Gasteiger partial charge in [0.05, 0.1) is 11.1 Å². The monoisotopic (exact) mass is 466 g/mol. The Morgan fingerprint density at radius 3 is 2.80 bits per heavy atom. The number of halogens is 1. The van der Waals surface area contributed by atoms with Gasteiger partial charge in [-0.3, -0.25) is 9.78 Å². The SMILES string of the molecule is Bc1cc(OC(SC)C(=O)NC(C)(C)C#CC)cc2cc(I)cnc12. The Balaban J connectivity index is 2.24. The van der Waals surface area contributed by atoms with Crippen LogP contribution in [0.15, 0.2) is 24.4 Å². The number of hydrogen-bond donors (Lipinski definition) is 1. The number of thioether (sulfide) groups is 1. The Bertz CT molecular complexity index is 861. The Kier molecular flexibility index (Phi) is 6.63. The van der Waals surface area contributed by atoms with Gasteiger partial charge in [-0.25, -0.2) is 0 Å². The van der Waals surface area contributed by atoms with Gasteiger partial charge in [-0.15, -0.1) is 17.7 Å². The van der Waals surface area contributed by atoms with Crippen molar-refractivity contribution in [2.24, 2.45) is 0 Å². The van der Waals surface area contributed by atoms with Gasteiger partial charge >= 0.3 is 0 Å². The van der Waals surface area contributed by atoms with Crippen LogP contribution in [0.4, 0.5) is 0 Å². The van der Waals surface area contributed by atoms with Crippen LogP contribution in [0.25, 0.3) is 10.9 Å². The quantitative estimate of drug-likeness (QED) is 0.318. The summed E-state index contributed by atoms with van der Waals surface area (Å²) in [6.45, 7) is 5.49. The Labute approximate surface area is 167 Å². The van der Waals surface area contributed by atoms with Crippen molar-refractivity contribution in [1.29, 1.82) is 0 Å². The summed E-state index contributed by atoms with van der Waals surface area (Å²) < 4.78 is 7.01. The standard InChI is InChI=1S/C18H20BIN2O2S/c1-5-6-18(2,3)22-16(23)17(25-4)24-13-8-11-7-12(20)10-21-15(11)14(19)9-13/h7-10,17H,19H2,1-4H3,(H,22,23). The number of benzene rings is 1. The summed E-state index contributed by atoms with van der Waals surface area (Å²) in [6, 6.07) is 5.89. The van der Waals surface area contributed by atoms with Crippen molar-refractivity contribution >= 4 is 64.5 Å². The van der Waals surface area contributed by atoms with E-state index in [1.807, 2.05) is 46.3 Å². The molecule has 1 amide bonds. The molecule has 1 aromatic heterocycles. The summed E-state index contributed by atoms with van der Waals surface area (Å²) in [5, 5.41) is 3.92. The van der Waals surface area contributed by atoms with E-state index >= 15 is 0 Å². The number of pyridine rings is 1. The van der Waals surface area contributed by atoms with Crippen molar-refractivity contribution in [2.75, 3.05) is 6.26 Å². The molecule has 0 spiro atoms. The van der Waals surface area contributed by atoms with Gasteiger partial charge in [0, 0.05) is 15.2 Å². The maximum Gasteiger partial charge on any atom is 0.272 e. The first-order valence-corrected chi connectivity index (χ1v) is 10.1. The molecule has 1 aromatic carbocycles. The van der Waals surface area contributed by atoms with Gasteiger partial charge in [0.15, 0.2) is 0 Å². The molecule has 1 atom stereocenters. The van der Waals surface area contributed by atoms with Crippen LogP contribution in [0.1, 0.15) is 20.8 Å². The number of carbonyl (C=O) groups is 1. The number of amides is 1. The zero-order chi connectivity index (χ0) is 18.6. The third-order valence-electron chi connectivity index (χ3n) is 3.46. The fraction of sp³-hybridized carbons (Fsp3) is 0.333. The van der Waals surface area contributed by atoms with Crippen molar-refractivity contribution in [1.82, 2.24) is 10.3 Å². The van der Waals surface area contributed by atoms with E-state index in [0.717, 1.165) is 19.9 Å². The normalized spacial score (nSPS) is 12.2. The van der Waals surface area contributed by atoms with E-state index < -0.39 is 11.0 Å². The number of nitrogens with zero attached hydrogens (tertiary/aromatic N) is 1. The third-order valence-corrected chi connectivity index (χ3v) is 4.79. The molecule has 1 N–H and O–H groups in total. The summed E-state index contributed by atoms with van der Waals surface area (Å²) in [7, 11) is 1.99. The van der Waals surface area contributed by atoms with Crippen molar-refractivity contribution in [2.45, 2.75) is 31.7 Å². The number of aromatic nitrogens is 1. The Morgan fingerprint density at radius 2 is 2.16 bits per heavy atom. The van der Waals surface area contributed by atoms with E-state index in [1.54, 1.807) is 6.92 Å². The van der Waals surface area contributed by atoms with Gasteiger partial charge in [-0.05, 0) is 67.8 Å². The van der Waals surface area contributed by atoms with E-state index in [4.69, 9.17) is 4.74 Å². The summed E-state index contributed by atoms with van der Waals surface area (Å²) in [6.07, 6.45) is 3.69. The fourth-order valence-corrected chi connectivity index (χ4v) is 3.44. The van der Waals surface area contributed by atoms with Crippen molar-refractivity contribution in [3.8, 4) is 17.6 Å². The molecule has 0 aliphatic carbocycles. The lowest BCUT2D eigenvalue weighted by molar-refractivity contribution is -0.125. The average Bonchev–Trinajstić information content (AvgIpc) is 2.51. The lowest BCUT2D eigenvalue weighted by Gasteiger charge is -2.24. The molecule has 0 radical (unpaired) electrons. The summed E-state index contributed by atoms with van der Waals surface area (Å²) in [4.78, 5) is 17.0. The molecule has 7 heteroatoms. The van der Waals surface area contributed by atoms with Crippen molar-refractivity contribution in [3.05, 3.63) is 28.0 Å². The lowest BCUT2D eigenvalue weighted by atomic mass is 9.93. The molecular weight excluding hydrogens is 446 g/mol. The topological polar surface area (TPSA) is 51.2 Å². The zero-order valence-electron chi connectivity index (χ0n) is 14.9. The first-order valence-electron chi connectivity index (χ1n) is 7.77. The molecule has 1 unspecified atom stereocenters. The highest BCUT2D eigenvalue weighted by atomic mass is 127. The highest BCUT2D eigenvalue weighted by Crippen LogP contribution is 2.22. The molecule has 0 bridgehead atoms. The molecule has 130 valence electrons. The van der Waals surface area contributed by atoms with E-state index in [-0.39, 0.29) is 5.91 Å². The highest BCUT2D eigenvalue weighted by molar-refractivity contribution is 14.1. The van der Waals surface area contributed by atoms with Crippen LogP contribution in [-0.2, 0) is 4.79 Å². The van der Waals surface area contributed by atoms with Gasteiger partial charge in [-0.1, -0.05) is 11.4 Å². The lowest BCUT2D eigenvalue weighted by Crippen LogP contribution is -2.47. The van der Waals surface area contributed by atoms with E-state index in [1.165, 1.54) is 11.8 Å². The largest absolute Gasteiger partial charge is 0.470 e. The van der Waals surface area contributed by atoms with Crippen LogP contribution in [0.5, 0.6) is 5.75 Å². The predicted octanol–water partition coefficient (Wildman–Crippen LogP) is 2.08. The molecule has 2 aromatic rings. The summed E-state index contributed by atoms with van der Waals surface area (Å²) in [5.74, 6) is 6.27. The minimum absolute atomic E-state index is 0.196. The first-order chi connectivity index (χ1) is 11.8. The number of hydrogen-bond acceptors (Lipinski definition) is 4. The molecule has 0 aliphatic heterocycles. The number of fused-ring (bicyclic) bond motifs is 1. The van der Waals surface area contributed by atoms with E-state index in [9.17, 15) is 4.79 Å². The molecule has 0 fully saturated rings. The van der Waals surface area contributed by atoms with Crippen LogP contribution in [0.3, 0.4) is 0 Å². The minimum Gasteiger partial charge on any atom is -0.470 e. The molecule has 0 saturated carbocycles. The molecule has 2 rings (SSSR count). The average molecular weight is 466 g/mol. The van der Waals surface area contributed by atoms with Crippen molar-refractivity contribution in [3.63, 3.8) is 0 Å². The van der Waals surface area contributed by atoms with Gasteiger partial charge in [0.1, 0.15) is 13.6 Å². The number of rotatable bonds is 5. The van der Waals surface area contributed by atoms with Crippen LogP contribution in [0, 0.1) is 15.4 Å². The van der Waals surface area contributed by atoms with Crippen LogP contribution in [0.2, 0.25) is 0 Å². The van der Waals surface area contributed by atoms with E-state index in [2.05, 4.69) is 50.8 Å². The van der Waals surface area contributed by atoms with Crippen LogP contribution >= 0.6 is 34.4 Å². The maximum absolute atomic E-state index is 12.5. The second-order valence-electron chi connectivity index (χ2n) is 6.14. The van der Waals surface area contributed by atoms with Crippen LogP contribution in [-0.4, -0.2) is 36.0 Å². The molecule has 4 nitrogen and oxygen atoms in total. The van der Waals surface area contributed by atoms with Gasteiger partial charge < -0.3 is 10.1 Å². The number of nitrogens with one attached hydrogen (secondary N) is 1. The third kappa shape index (κ3) is 5.29. The van der Waals surface area contributed by atoms with Gasteiger partial charge in [-0.2, -0.15) is 0 Å². The molecule has 1 heterocycles. The van der Waals surface area contributed by atoms with Gasteiger partial charge in [0.2, 0.25) is 5.44 Å². The fourth-order valence-electron chi connectivity index (χ4n) is 2.48. The Hall–Kier alpha value is -1.40. The summed E-state index contributed by atoms with van der Waals surface area (Å²) in [5.41, 5.74) is 0.715. The number of carbonyl (C=O) groups excluding carboxylic acids is 1. The van der Waals surface area contributed by atoms with E-state index in [0.29, 0.717) is 5.75 Å². The second-order valence-corrected chi connectivity index (χ2v) is 8.29. The minimum atomic E-state index is -0.648. The smallest absolute Gasteiger partial charge is 0.272 e. The van der Waals surface area contributed by atoms with Crippen LogP contribution < -0.4 is 15.5 Å². The summed E-state index contributed by atoms with van der Waals surface area (Å²) >= 11 is 3.58. The molecule has 0 saturated heterocycles. The second kappa shape index (κ2) is 8.32. The Morgan fingerprint density at radius 1 is 1.44 bits per heavy atom. The molecule has 0 aliphatic rings. The number of ether oxygens (including phenoxy) is 1. The van der Waals surface area contributed by atoms with Gasteiger partial charge in [0.25, 0.3) is 5.91 Å². The van der Waals surface area contributed by atoms with Crippen molar-refractivity contribution < 1.29 is 9.53 Å². The zero-order valence-corrected chi connectivity index (χ0v) is 17.9.